The van der Waals surface area contributed by atoms with Gasteiger partial charge in [0, 0.05) is 19.2 Å². The van der Waals surface area contributed by atoms with E-state index in [1.54, 1.807) is 7.11 Å². The number of nitrogens with one attached hydrogen (secondary N) is 1. The Morgan fingerprint density at radius 3 is 2.71 bits per heavy atom. The molecule has 0 amide bonds. The van der Waals surface area contributed by atoms with E-state index in [1.165, 1.54) is 12.1 Å². The summed E-state index contributed by atoms with van der Waals surface area (Å²) in [5, 5.41) is 3.31. The summed E-state index contributed by atoms with van der Waals surface area (Å²) in [7, 11) is 1.63. The quantitative estimate of drug-likeness (QED) is 0.716. The molecule has 0 spiro atoms. The smallest absolute Gasteiger partial charge is 0.416 e. The number of methoxy groups -OCH3 is 1. The lowest BCUT2D eigenvalue weighted by molar-refractivity contribution is -0.137. The van der Waals surface area contributed by atoms with Crippen LogP contribution < -0.4 is 10.1 Å². The van der Waals surface area contributed by atoms with Gasteiger partial charge >= 0.3 is 6.18 Å². The van der Waals surface area contributed by atoms with E-state index in [-0.39, 0.29) is 6.04 Å². The number of nitrogens with zero attached hydrogens (tertiary/aromatic N) is 2. The summed E-state index contributed by atoms with van der Waals surface area (Å²) < 4.78 is 51.1. The highest BCUT2D eigenvalue weighted by Gasteiger charge is 2.30. The van der Waals surface area contributed by atoms with E-state index in [9.17, 15) is 13.2 Å². The first-order valence-electron chi connectivity index (χ1n) is 8.95. The van der Waals surface area contributed by atoms with E-state index in [1.807, 2.05) is 18.2 Å². The van der Waals surface area contributed by atoms with E-state index < -0.39 is 11.7 Å². The van der Waals surface area contributed by atoms with E-state index in [2.05, 4.69) is 14.9 Å². The minimum Gasteiger partial charge on any atom is -0.497 e. The lowest BCUT2D eigenvalue weighted by Crippen LogP contribution is -2.32. The van der Waals surface area contributed by atoms with Crippen LogP contribution in [0.4, 0.5) is 13.2 Å². The highest BCUT2D eigenvalue weighted by atomic mass is 19.4. The van der Waals surface area contributed by atoms with Gasteiger partial charge in [-0.3, -0.25) is 0 Å². The van der Waals surface area contributed by atoms with Crippen LogP contribution >= 0.6 is 0 Å². The molecule has 1 atom stereocenters. The van der Waals surface area contributed by atoms with Gasteiger partial charge in [0.2, 0.25) is 0 Å². The molecule has 148 valence electrons. The predicted octanol–water partition coefficient (Wildman–Crippen LogP) is 3.92. The zero-order chi connectivity index (χ0) is 19.7. The van der Waals surface area contributed by atoms with Gasteiger partial charge in [-0.1, -0.05) is 12.1 Å². The number of alkyl halides is 3. The normalized spacial score (nSPS) is 16.9. The summed E-state index contributed by atoms with van der Waals surface area (Å²) in [5.41, 5.74) is 2.02. The molecular formula is C20H20F3N3O2. The van der Waals surface area contributed by atoms with Gasteiger partial charge in [-0.2, -0.15) is 13.2 Å². The molecule has 0 fully saturated rings. The van der Waals surface area contributed by atoms with Crippen molar-refractivity contribution in [3.63, 3.8) is 0 Å². The third kappa shape index (κ3) is 3.70. The Labute approximate surface area is 160 Å². The van der Waals surface area contributed by atoms with Gasteiger partial charge in [0.25, 0.3) is 0 Å². The second kappa shape index (κ2) is 7.44. The van der Waals surface area contributed by atoms with Gasteiger partial charge in [0.05, 0.1) is 36.4 Å². The number of rotatable bonds is 5. The molecule has 2 heterocycles. The Morgan fingerprint density at radius 2 is 2.00 bits per heavy atom. The minimum absolute atomic E-state index is 0.0373. The molecule has 4 rings (SSSR count). The molecule has 1 aliphatic rings. The van der Waals surface area contributed by atoms with Crippen LogP contribution in [0, 0.1) is 0 Å². The molecule has 2 aromatic carbocycles. The predicted molar refractivity (Wildman–Crippen MR) is 98.1 cm³/mol. The molecule has 3 aromatic rings. The number of fused-ring (bicyclic) bond motifs is 3. The van der Waals surface area contributed by atoms with Crippen LogP contribution in [0.1, 0.15) is 23.0 Å². The van der Waals surface area contributed by atoms with E-state index in [0.29, 0.717) is 26.3 Å². The Kier molecular flexibility index (Phi) is 4.99. The van der Waals surface area contributed by atoms with E-state index in [0.717, 1.165) is 40.3 Å². The van der Waals surface area contributed by atoms with Gasteiger partial charge in [-0.25, -0.2) is 4.98 Å². The van der Waals surface area contributed by atoms with Crippen LogP contribution in [0.3, 0.4) is 0 Å². The molecule has 0 unspecified atom stereocenters. The topological polar surface area (TPSA) is 48.3 Å². The molecule has 1 aromatic heterocycles. The summed E-state index contributed by atoms with van der Waals surface area (Å²) in [5.74, 6) is 1.62. The second-order valence-corrected chi connectivity index (χ2v) is 6.75. The summed E-state index contributed by atoms with van der Waals surface area (Å²) in [6.45, 7) is 2.07. The Morgan fingerprint density at radius 1 is 1.21 bits per heavy atom. The SMILES string of the molecule is COc1ccc2nc3n(c2c1)[C@@H](CNCc1ccc(C(F)(F)F)cc1)COC3. The molecule has 1 aliphatic heterocycles. The van der Waals surface area contributed by atoms with Crippen molar-refractivity contribution in [1.29, 1.82) is 0 Å². The third-order valence-electron chi connectivity index (χ3n) is 4.87. The highest BCUT2D eigenvalue weighted by molar-refractivity contribution is 5.78. The van der Waals surface area contributed by atoms with Crippen molar-refractivity contribution in [2.24, 2.45) is 0 Å². The van der Waals surface area contributed by atoms with Crippen LogP contribution in [0.15, 0.2) is 42.5 Å². The molecule has 8 heteroatoms. The number of halogens is 3. The number of hydrogen-bond acceptors (Lipinski definition) is 4. The Hall–Kier alpha value is -2.58. The molecular weight excluding hydrogens is 371 g/mol. The van der Waals surface area contributed by atoms with E-state index in [4.69, 9.17) is 9.47 Å². The van der Waals surface area contributed by atoms with E-state index >= 15 is 0 Å². The summed E-state index contributed by atoms with van der Waals surface area (Å²) >= 11 is 0. The van der Waals surface area contributed by atoms with Crippen molar-refractivity contribution in [3.05, 3.63) is 59.4 Å². The monoisotopic (exact) mass is 391 g/mol. The fourth-order valence-electron chi connectivity index (χ4n) is 3.46. The first-order valence-corrected chi connectivity index (χ1v) is 8.95. The first kappa shape index (κ1) is 18.8. The maximum Gasteiger partial charge on any atom is 0.416 e. The first-order chi connectivity index (χ1) is 13.5. The number of hydrogen-bond donors (Lipinski definition) is 1. The fraction of sp³-hybridized carbons (Fsp3) is 0.350. The van der Waals surface area contributed by atoms with Crippen molar-refractivity contribution in [2.45, 2.75) is 25.4 Å². The lowest BCUT2D eigenvalue weighted by Gasteiger charge is -2.26. The molecule has 5 nitrogen and oxygen atoms in total. The van der Waals surface area contributed by atoms with Gasteiger partial charge in [-0.15, -0.1) is 0 Å². The molecule has 0 saturated carbocycles. The molecule has 0 saturated heterocycles. The number of ether oxygens (including phenoxy) is 2. The molecule has 0 aliphatic carbocycles. The van der Waals surface area contributed by atoms with Gasteiger partial charge < -0.3 is 19.4 Å². The maximum absolute atomic E-state index is 12.7. The highest BCUT2D eigenvalue weighted by Crippen LogP contribution is 2.30. The fourth-order valence-corrected chi connectivity index (χ4v) is 3.46. The zero-order valence-electron chi connectivity index (χ0n) is 15.3. The van der Waals surface area contributed by atoms with Gasteiger partial charge in [0.15, 0.2) is 0 Å². The summed E-state index contributed by atoms with van der Waals surface area (Å²) in [6, 6.07) is 11.0. The van der Waals surface area contributed by atoms with Crippen molar-refractivity contribution in [1.82, 2.24) is 14.9 Å². The maximum atomic E-state index is 12.7. The molecule has 1 N–H and O–H groups in total. The molecule has 0 bridgehead atoms. The Bertz CT molecular complexity index is 967. The number of aromatic nitrogens is 2. The summed E-state index contributed by atoms with van der Waals surface area (Å²) in [4.78, 5) is 4.63. The van der Waals surface area contributed by atoms with Crippen LogP contribution in [0.25, 0.3) is 11.0 Å². The number of imidazole rings is 1. The van der Waals surface area contributed by atoms with Crippen LogP contribution in [0.5, 0.6) is 5.75 Å². The second-order valence-electron chi connectivity index (χ2n) is 6.75. The van der Waals surface area contributed by atoms with Crippen molar-refractivity contribution in [2.75, 3.05) is 20.3 Å². The zero-order valence-corrected chi connectivity index (χ0v) is 15.3. The molecule has 0 radical (unpaired) electrons. The van der Waals surface area contributed by atoms with Gasteiger partial charge in [0.1, 0.15) is 18.2 Å². The van der Waals surface area contributed by atoms with Crippen molar-refractivity contribution >= 4 is 11.0 Å². The van der Waals surface area contributed by atoms with Crippen LogP contribution in [0.2, 0.25) is 0 Å². The van der Waals surface area contributed by atoms with Crippen molar-refractivity contribution in [3.8, 4) is 5.75 Å². The van der Waals surface area contributed by atoms with Crippen LogP contribution in [-0.2, 0) is 24.1 Å². The Balaban J connectivity index is 1.47. The number of benzene rings is 2. The van der Waals surface area contributed by atoms with Crippen molar-refractivity contribution < 1.29 is 22.6 Å². The average Bonchev–Trinajstić information content (AvgIpc) is 3.06. The molecule has 28 heavy (non-hydrogen) atoms. The van der Waals surface area contributed by atoms with Crippen LogP contribution in [-0.4, -0.2) is 29.8 Å². The largest absolute Gasteiger partial charge is 0.497 e. The standard InChI is InChI=1S/C20H20F3N3O2/c1-27-16-6-7-17-18(8-16)26-15(11-28-12-19(26)25-17)10-24-9-13-2-4-14(5-3-13)20(21,22)23/h2-8,15,24H,9-12H2,1H3/t15-/m0/s1. The summed E-state index contributed by atoms with van der Waals surface area (Å²) in [6.07, 6.45) is -4.31. The minimum atomic E-state index is -4.31. The third-order valence-corrected chi connectivity index (χ3v) is 4.87. The van der Waals surface area contributed by atoms with Gasteiger partial charge in [-0.05, 0) is 29.8 Å². The lowest BCUT2D eigenvalue weighted by atomic mass is 10.1. The average molecular weight is 391 g/mol.